The summed E-state index contributed by atoms with van der Waals surface area (Å²) in [6.07, 6.45) is 1.78. The van der Waals surface area contributed by atoms with Crippen molar-refractivity contribution in [2.45, 2.75) is 39.2 Å². The highest BCUT2D eigenvalue weighted by Gasteiger charge is 2.23. The average molecular weight is 322 g/mol. The van der Waals surface area contributed by atoms with Gasteiger partial charge in [0.2, 0.25) is 11.8 Å². The van der Waals surface area contributed by atoms with Gasteiger partial charge in [0.05, 0.1) is 5.71 Å². The highest BCUT2D eigenvalue weighted by molar-refractivity contribution is 6.30. The van der Waals surface area contributed by atoms with Crippen molar-refractivity contribution >= 4 is 29.1 Å². The van der Waals surface area contributed by atoms with Crippen LogP contribution >= 0.6 is 11.6 Å². The van der Waals surface area contributed by atoms with Gasteiger partial charge in [0.25, 0.3) is 0 Å². The summed E-state index contributed by atoms with van der Waals surface area (Å²) < 4.78 is 0. The Bertz CT molecular complexity index is 584. The van der Waals surface area contributed by atoms with Crippen molar-refractivity contribution < 1.29 is 9.59 Å². The second-order valence-electron chi connectivity index (χ2n) is 5.38. The van der Waals surface area contributed by atoms with E-state index in [0.717, 1.165) is 17.7 Å². The van der Waals surface area contributed by atoms with Crippen molar-refractivity contribution in [3.8, 4) is 0 Å². The maximum atomic E-state index is 11.9. The largest absolute Gasteiger partial charge is 0.352 e. The van der Waals surface area contributed by atoms with Crippen molar-refractivity contribution in [2.75, 3.05) is 6.54 Å². The van der Waals surface area contributed by atoms with Crippen LogP contribution in [0, 0.1) is 0 Å². The summed E-state index contributed by atoms with van der Waals surface area (Å²) in [6, 6.07) is 7.40. The topological polar surface area (TPSA) is 61.8 Å². The first kappa shape index (κ1) is 16.5. The third-order valence-corrected chi connectivity index (χ3v) is 3.85. The van der Waals surface area contributed by atoms with Crippen LogP contribution in [0.2, 0.25) is 5.02 Å². The molecule has 1 heterocycles. The van der Waals surface area contributed by atoms with Crippen molar-refractivity contribution in [1.29, 1.82) is 0 Å². The molecule has 1 aromatic carbocycles. The summed E-state index contributed by atoms with van der Waals surface area (Å²) in [4.78, 5) is 23.9. The molecule has 118 valence electrons. The number of nitrogens with zero attached hydrogens (tertiary/aromatic N) is 2. The van der Waals surface area contributed by atoms with Gasteiger partial charge in [0.1, 0.15) is 6.54 Å². The predicted molar refractivity (Wildman–Crippen MR) is 86.8 cm³/mol. The molecule has 5 nitrogen and oxygen atoms in total. The van der Waals surface area contributed by atoms with Crippen LogP contribution in [0.5, 0.6) is 0 Å². The lowest BCUT2D eigenvalue weighted by atomic mass is 10.0. The van der Waals surface area contributed by atoms with Gasteiger partial charge in [-0.2, -0.15) is 5.10 Å². The molecule has 1 aliphatic heterocycles. The molecule has 22 heavy (non-hydrogen) atoms. The molecular weight excluding hydrogens is 302 g/mol. The van der Waals surface area contributed by atoms with E-state index in [4.69, 9.17) is 11.6 Å². The van der Waals surface area contributed by atoms with Crippen LogP contribution in [0.1, 0.15) is 38.7 Å². The fraction of sp³-hybridized carbons (Fsp3) is 0.438. The first-order chi connectivity index (χ1) is 10.5. The second kappa shape index (κ2) is 7.40. The van der Waals surface area contributed by atoms with Crippen LogP contribution in [-0.2, 0) is 9.59 Å². The predicted octanol–water partition coefficient (Wildman–Crippen LogP) is 2.58. The Morgan fingerprint density at radius 1 is 1.36 bits per heavy atom. The van der Waals surface area contributed by atoms with Gasteiger partial charge in [-0.15, -0.1) is 0 Å². The molecule has 2 amide bonds. The fourth-order valence-electron chi connectivity index (χ4n) is 2.13. The van der Waals surface area contributed by atoms with Gasteiger partial charge in [0, 0.05) is 23.9 Å². The van der Waals surface area contributed by atoms with E-state index in [-0.39, 0.29) is 24.4 Å². The molecular formula is C16H20ClN3O2. The molecule has 0 fully saturated rings. The van der Waals surface area contributed by atoms with Gasteiger partial charge in [-0.25, -0.2) is 5.01 Å². The number of hydrazone groups is 1. The van der Waals surface area contributed by atoms with Gasteiger partial charge in [-0.1, -0.05) is 30.7 Å². The van der Waals surface area contributed by atoms with Crippen molar-refractivity contribution in [1.82, 2.24) is 10.3 Å². The molecule has 0 spiro atoms. The summed E-state index contributed by atoms with van der Waals surface area (Å²) in [7, 11) is 0. The van der Waals surface area contributed by atoms with E-state index < -0.39 is 0 Å². The Morgan fingerprint density at radius 2 is 2.05 bits per heavy atom. The van der Waals surface area contributed by atoms with E-state index >= 15 is 0 Å². The lowest BCUT2D eigenvalue weighted by molar-refractivity contribution is -0.136. The molecule has 1 aromatic rings. The van der Waals surface area contributed by atoms with E-state index in [1.165, 1.54) is 5.01 Å². The van der Waals surface area contributed by atoms with Gasteiger partial charge in [0.15, 0.2) is 0 Å². The highest BCUT2D eigenvalue weighted by Crippen LogP contribution is 2.17. The maximum absolute atomic E-state index is 11.9. The molecule has 0 aliphatic carbocycles. The molecule has 0 aromatic heterocycles. The highest BCUT2D eigenvalue weighted by atomic mass is 35.5. The van der Waals surface area contributed by atoms with Gasteiger partial charge >= 0.3 is 0 Å². The Balaban J connectivity index is 2.09. The Morgan fingerprint density at radius 3 is 2.68 bits per heavy atom. The summed E-state index contributed by atoms with van der Waals surface area (Å²) in [6.45, 7) is 3.88. The SMILES string of the molecule is CC[C@@H](C)NC(=O)CN1N=C(c2ccc(Cl)cc2)CCC1=O. The summed E-state index contributed by atoms with van der Waals surface area (Å²) in [5, 5.41) is 9.08. The minimum atomic E-state index is -0.191. The van der Waals surface area contributed by atoms with Crippen molar-refractivity contribution in [2.24, 2.45) is 5.10 Å². The average Bonchev–Trinajstić information content (AvgIpc) is 2.50. The third kappa shape index (κ3) is 4.31. The normalized spacial score (nSPS) is 16.2. The number of hydrogen-bond donors (Lipinski definition) is 1. The van der Waals surface area contributed by atoms with Crippen LogP contribution in [-0.4, -0.2) is 35.1 Å². The molecule has 0 saturated carbocycles. The van der Waals surface area contributed by atoms with E-state index in [1.54, 1.807) is 12.1 Å². The standard InChI is InChI=1S/C16H20ClN3O2/c1-3-11(2)18-15(21)10-20-16(22)9-8-14(19-20)12-4-6-13(17)7-5-12/h4-7,11H,3,8-10H2,1-2H3,(H,18,21)/t11-/m1/s1. The zero-order valence-electron chi connectivity index (χ0n) is 12.8. The molecule has 1 N–H and O–H groups in total. The van der Waals surface area contributed by atoms with E-state index in [2.05, 4.69) is 10.4 Å². The zero-order valence-corrected chi connectivity index (χ0v) is 13.6. The van der Waals surface area contributed by atoms with Crippen LogP contribution in [0.25, 0.3) is 0 Å². The fourth-order valence-corrected chi connectivity index (χ4v) is 2.26. The van der Waals surface area contributed by atoms with Crippen LogP contribution in [0.15, 0.2) is 29.4 Å². The molecule has 0 saturated heterocycles. The number of rotatable bonds is 5. The lowest BCUT2D eigenvalue weighted by Gasteiger charge is -2.24. The minimum absolute atomic E-state index is 0.0414. The van der Waals surface area contributed by atoms with Gasteiger partial charge in [-0.05, 0) is 31.0 Å². The van der Waals surface area contributed by atoms with E-state index in [0.29, 0.717) is 17.9 Å². The molecule has 0 radical (unpaired) electrons. The zero-order chi connectivity index (χ0) is 16.1. The summed E-state index contributed by atoms with van der Waals surface area (Å²) >= 11 is 5.88. The summed E-state index contributed by atoms with van der Waals surface area (Å²) in [5.74, 6) is -0.319. The third-order valence-electron chi connectivity index (χ3n) is 3.60. The second-order valence-corrected chi connectivity index (χ2v) is 5.82. The first-order valence-corrected chi connectivity index (χ1v) is 7.80. The van der Waals surface area contributed by atoms with Crippen LogP contribution < -0.4 is 5.32 Å². The maximum Gasteiger partial charge on any atom is 0.243 e. The molecule has 6 heteroatoms. The summed E-state index contributed by atoms with van der Waals surface area (Å²) in [5.41, 5.74) is 1.72. The molecule has 2 rings (SSSR count). The number of nitrogens with one attached hydrogen (secondary N) is 1. The number of benzene rings is 1. The monoisotopic (exact) mass is 321 g/mol. The van der Waals surface area contributed by atoms with Crippen molar-refractivity contribution in [3.05, 3.63) is 34.9 Å². The molecule has 1 aliphatic rings. The quantitative estimate of drug-likeness (QED) is 0.906. The first-order valence-electron chi connectivity index (χ1n) is 7.42. The minimum Gasteiger partial charge on any atom is -0.352 e. The molecule has 0 bridgehead atoms. The number of hydrogen-bond acceptors (Lipinski definition) is 3. The van der Waals surface area contributed by atoms with Crippen LogP contribution in [0.3, 0.4) is 0 Å². The Hall–Kier alpha value is -1.88. The molecule has 1 atom stereocenters. The van der Waals surface area contributed by atoms with Crippen molar-refractivity contribution in [3.63, 3.8) is 0 Å². The van der Waals surface area contributed by atoms with E-state index in [9.17, 15) is 9.59 Å². The smallest absolute Gasteiger partial charge is 0.243 e. The Labute approximate surface area is 135 Å². The van der Waals surface area contributed by atoms with Gasteiger partial charge in [-0.3, -0.25) is 9.59 Å². The van der Waals surface area contributed by atoms with Crippen LogP contribution in [0.4, 0.5) is 0 Å². The van der Waals surface area contributed by atoms with Gasteiger partial charge < -0.3 is 5.32 Å². The number of amides is 2. The molecule has 0 unspecified atom stereocenters. The Kier molecular flexibility index (Phi) is 5.55. The van der Waals surface area contributed by atoms with E-state index in [1.807, 2.05) is 26.0 Å². The number of carbonyl (C=O) groups excluding carboxylic acids is 2. The number of halogens is 1. The lowest BCUT2D eigenvalue weighted by Crippen LogP contribution is -2.42. The number of carbonyl (C=O) groups is 2.